The van der Waals surface area contributed by atoms with Gasteiger partial charge in [0.05, 0.1) is 5.92 Å². The summed E-state index contributed by atoms with van der Waals surface area (Å²) in [5.74, 6) is 0.235. The van der Waals surface area contributed by atoms with Crippen LogP contribution in [0.1, 0.15) is 19.8 Å². The standard InChI is InChI=1S/C12H22N2O3S/c1-9(8-18-2)6-13-12(17)14-5-3-4-10(7-14)11(15)16/h9-10H,3-8H2,1-2H3,(H,13,17)(H,15,16). The van der Waals surface area contributed by atoms with E-state index in [4.69, 9.17) is 5.11 Å². The molecule has 0 bridgehead atoms. The lowest BCUT2D eigenvalue weighted by Crippen LogP contribution is -2.47. The number of nitrogens with one attached hydrogen (secondary N) is 1. The van der Waals surface area contributed by atoms with Crippen LogP contribution in [0.2, 0.25) is 0 Å². The Labute approximate surface area is 112 Å². The maximum absolute atomic E-state index is 11.9. The van der Waals surface area contributed by atoms with Gasteiger partial charge in [-0.15, -0.1) is 0 Å². The summed E-state index contributed by atoms with van der Waals surface area (Å²) >= 11 is 1.76. The van der Waals surface area contributed by atoms with Crippen LogP contribution < -0.4 is 5.32 Å². The van der Waals surface area contributed by atoms with Crippen molar-refractivity contribution in [2.75, 3.05) is 31.6 Å². The minimum atomic E-state index is -0.803. The molecule has 0 radical (unpaired) electrons. The number of hydrogen-bond acceptors (Lipinski definition) is 3. The van der Waals surface area contributed by atoms with Crippen LogP contribution in [0.5, 0.6) is 0 Å². The minimum absolute atomic E-state index is 0.131. The number of carboxylic acid groups (broad SMARTS) is 1. The van der Waals surface area contributed by atoms with Crippen molar-refractivity contribution < 1.29 is 14.7 Å². The Morgan fingerprint density at radius 3 is 2.89 bits per heavy atom. The third kappa shape index (κ3) is 4.76. The number of carbonyl (C=O) groups excluding carboxylic acids is 1. The number of thioether (sulfide) groups is 1. The second-order valence-electron chi connectivity index (χ2n) is 4.87. The fourth-order valence-corrected chi connectivity index (χ4v) is 2.77. The van der Waals surface area contributed by atoms with E-state index in [1.165, 1.54) is 0 Å². The molecular weight excluding hydrogens is 252 g/mol. The Hall–Kier alpha value is -0.910. The van der Waals surface area contributed by atoms with Crippen LogP contribution in [0, 0.1) is 11.8 Å². The van der Waals surface area contributed by atoms with Crippen LogP contribution in [0.3, 0.4) is 0 Å². The summed E-state index contributed by atoms with van der Waals surface area (Å²) in [6.07, 6.45) is 3.48. The smallest absolute Gasteiger partial charge is 0.317 e. The van der Waals surface area contributed by atoms with Gasteiger partial charge < -0.3 is 15.3 Å². The van der Waals surface area contributed by atoms with Crippen molar-refractivity contribution in [2.45, 2.75) is 19.8 Å². The van der Waals surface area contributed by atoms with E-state index in [2.05, 4.69) is 12.2 Å². The van der Waals surface area contributed by atoms with Crippen molar-refractivity contribution in [1.29, 1.82) is 0 Å². The molecule has 1 rings (SSSR count). The summed E-state index contributed by atoms with van der Waals surface area (Å²) in [4.78, 5) is 24.4. The molecule has 2 unspecified atom stereocenters. The van der Waals surface area contributed by atoms with Crippen molar-refractivity contribution in [3.05, 3.63) is 0 Å². The van der Waals surface area contributed by atoms with Gasteiger partial charge >= 0.3 is 12.0 Å². The Balaban J connectivity index is 2.34. The number of rotatable bonds is 5. The Morgan fingerprint density at radius 2 is 2.28 bits per heavy atom. The first kappa shape index (κ1) is 15.1. The highest BCUT2D eigenvalue weighted by atomic mass is 32.2. The van der Waals surface area contributed by atoms with Gasteiger partial charge in [0.1, 0.15) is 0 Å². The number of urea groups is 1. The molecular formula is C12H22N2O3S. The van der Waals surface area contributed by atoms with Crippen molar-refractivity contribution in [2.24, 2.45) is 11.8 Å². The topological polar surface area (TPSA) is 69.6 Å². The molecule has 6 heteroatoms. The first-order chi connectivity index (χ1) is 8.54. The van der Waals surface area contributed by atoms with Crippen LogP contribution in [0.25, 0.3) is 0 Å². The third-order valence-corrected chi connectivity index (χ3v) is 4.01. The first-order valence-electron chi connectivity index (χ1n) is 6.29. The van der Waals surface area contributed by atoms with Crippen LogP contribution in [-0.4, -0.2) is 53.6 Å². The summed E-state index contributed by atoms with van der Waals surface area (Å²) < 4.78 is 0. The van der Waals surface area contributed by atoms with Gasteiger partial charge in [-0.2, -0.15) is 11.8 Å². The minimum Gasteiger partial charge on any atom is -0.481 e. The Bertz CT molecular complexity index is 299. The average molecular weight is 274 g/mol. The van der Waals surface area contributed by atoms with E-state index in [0.717, 1.165) is 12.2 Å². The number of piperidine rings is 1. The highest BCUT2D eigenvalue weighted by Gasteiger charge is 2.27. The zero-order valence-electron chi connectivity index (χ0n) is 11.0. The van der Waals surface area contributed by atoms with Gasteiger partial charge in [0, 0.05) is 19.6 Å². The van der Waals surface area contributed by atoms with Gasteiger partial charge in [-0.3, -0.25) is 4.79 Å². The lowest BCUT2D eigenvalue weighted by molar-refractivity contribution is -0.143. The van der Waals surface area contributed by atoms with E-state index in [0.29, 0.717) is 32.0 Å². The van der Waals surface area contributed by atoms with Gasteiger partial charge in [-0.25, -0.2) is 4.79 Å². The second-order valence-corrected chi connectivity index (χ2v) is 5.78. The number of carbonyl (C=O) groups is 2. The quantitative estimate of drug-likeness (QED) is 0.797. The molecule has 1 heterocycles. The van der Waals surface area contributed by atoms with Crippen LogP contribution >= 0.6 is 11.8 Å². The van der Waals surface area contributed by atoms with E-state index in [-0.39, 0.29) is 6.03 Å². The maximum Gasteiger partial charge on any atom is 0.317 e. The molecule has 2 amide bonds. The highest BCUT2D eigenvalue weighted by Crippen LogP contribution is 2.16. The summed E-state index contributed by atoms with van der Waals surface area (Å²) in [5, 5.41) is 11.8. The largest absolute Gasteiger partial charge is 0.481 e. The predicted octanol–water partition coefficient (Wildman–Crippen LogP) is 1.49. The van der Waals surface area contributed by atoms with Crippen molar-refractivity contribution >= 4 is 23.8 Å². The molecule has 1 aliphatic heterocycles. The molecule has 18 heavy (non-hydrogen) atoms. The maximum atomic E-state index is 11.9. The normalized spacial score (nSPS) is 21.4. The molecule has 1 fully saturated rings. The molecule has 104 valence electrons. The van der Waals surface area contributed by atoms with Crippen LogP contribution in [0.15, 0.2) is 0 Å². The molecule has 0 aromatic heterocycles. The zero-order valence-corrected chi connectivity index (χ0v) is 11.8. The van der Waals surface area contributed by atoms with Crippen molar-refractivity contribution in [3.8, 4) is 0 Å². The number of carboxylic acids is 1. The Kier molecular flexibility index (Phi) is 6.32. The Morgan fingerprint density at radius 1 is 1.56 bits per heavy atom. The molecule has 0 spiro atoms. The van der Waals surface area contributed by atoms with E-state index in [1.807, 2.05) is 6.26 Å². The SMILES string of the molecule is CSCC(C)CNC(=O)N1CCCC(C(=O)O)C1. The van der Waals surface area contributed by atoms with E-state index >= 15 is 0 Å². The van der Waals surface area contributed by atoms with Gasteiger partial charge in [0.25, 0.3) is 0 Å². The second kappa shape index (κ2) is 7.51. The number of amides is 2. The summed E-state index contributed by atoms with van der Waals surface area (Å²) in [7, 11) is 0. The van der Waals surface area contributed by atoms with Gasteiger partial charge in [-0.05, 0) is 30.8 Å². The number of aliphatic carboxylic acids is 1. The van der Waals surface area contributed by atoms with E-state index in [9.17, 15) is 9.59 Å². The zero-order chi connectivity index (χ0) is 13.5. The van der Waals surface area contributed by atoms with Gasteiger partial charge in [-0.1, -0.05) is 6.92 Å². The molecule has 2 atom stereocenters. The van der Waals surface area contributed by atoms with Gasteiger partial charge in [0.15, 0.2) is 0 Å². The molecule has 1 aliphatic rings. The summed E-state index contributed by atoms with van der Waals surface area (Å²) in [5.41, 5.74) is 0. The highest BCUT2D eigenvalue weighted by molar-refractivity contribution is 7.98. The first-order valence-corrected chi connectivity index (χ1v) is 7.68. The molecule has 0 aromatic rings. The monoisotopic (exact) mass is 274 g/mol. The van der Waals surface area contributed by atoms with E-state index in [1.54, 1.807) is 16.7 Å². The lowest BCUT2D eigenvalue weighted by atomic mass is 9.99. The predicted molar refractivity (Wildman–Crippen MR) is 72.9 cm³/mol. The average Bonchev–Trinajstić information content (AvgIpc) is 2.36. The molecule has 5 nitrogen and oxygen atoms in total. The third-order valence-electron chi connectivity index (χ3n) is 3.11. The lowest BCUT2D eigenvalue weighted by Gasteiger charge is -2.31. The number of likely N-dealkylation sites (tertiary alicyclic amines) is 1. The molecule has 1 saturated heterocycles. The van der Waals surface area contributed by atoms with E-state index < -0.39 is 11.9 Å². The summed E-state index contributed by atoms with van der Waals surface area (Å²) in [6.45, 7) is 3.73. The summed E-state index contributed by atoms with van der Waals surface area (Å²) in [6, 6.07) is -0.131. The van der Waals surface area contributed by atoms with Gasteiger partial charge in [0.2, 0.25) is 0 Å². The number of nitrogens with zero attached hydrogens (tertiary/aromatic N) is 1. The molecule has 0 saturated carbocycles. The fraction of sp³-hybridized carbons (Fsp3) is 0.833. The molecule has 0 aromatic carbocycles. The van der Waals surface area contributed by atoms with Crippen molar-refractivity contribution in [1.82, 2.24) is 10.2 Å². The van der Waals surface area contributed by atoms with Crippen LogP contribution in [-0.2, 0) is 4.79 Å². The fourth-order valence-electron chi connectivity index (χ4n) is 2.08. The number of hydrogen-bond donors (Lipinski definition) is 2. The van der Waals surface area contributed by atoms with Crippen molar-refractivity contribution in [3.63, 3.8) is 0 Å². The molecule has 2 N–H and O–H groups in total. The van der Waals surface area contributed by atoms with Crippen LogP contribution in [0.4, 0.5) is 4.79 Å². The molecule has 0 aliphatic carbocycles.